The third kappa shape index (κ3) is 11.1. The molecule has 4 rings (SSSR count). The minimum atomic E-state index is -0.304. The van der Waals surface area contributed by atoms with Gasteiger partial charge in [-0.2, -0.15) is 0 Å². The van der Waals surface area contributed by atoms with Crippen molar-refractivity contribution in [3.63, 3.8) is 0 Å². The van der Waals surface area contributed by atoms with Crippen molar-refractivity contribution in [1.82, 2.24) is 0 Å². The Bertz CT molecular complexity index is 901. The molecule has 4 nitrogen and oxygen atoms in total. The van der Waals surface area contributed by atoms with E-state index in [0.29, 0.717) is 24.3 Å². The van der Waals surface area contributed by atoms with E-state index in [4.69, 9.17) is 19.7 Å². The molecule has 7 heteroatoms. The lowest BCUT2D eigenvalue weighted by Crippen LogP contribution is -2.13. The highest BCUT2D eigenvalue weighted by atomic mass is 19.1. The molecule has 0 unspecified atom stereocenters. The van der Waals surface area contributed by atoms with Crippen LogP contribution in [0.25, 0.3) is 0 Å². The second-order valence-electron chi connectivity index (χ2n) is 7.36. The normalized spacial score (nSPS) is 14.6. The van der Waals surface area contributed by atoms with Crippen molar-refractivity contribution in [2.45, 2.75) is 38.8 Å². The molecule has 0 saturated carbocycles. The van der Waals surface area contributed by atoms with Gasteiger partial charge >= 0.3 is 0 Å². The van der Waals surface area contributed by atoms with E-state index in [1.165, 1.54) is 36.4 Å². The molecule has 2 N–H and O–H groups in total. The zero-order valence-electron chi connectivity index (χ0n) is 18.3. The lowest BCUT2D eigenvalue weighted by atomic mass is 10.2. The van der Waals surface area contributed by atoms with E-state index in [9.17, 15) is 13.2 Å². The van der Waals surface area contributed by atoms with Gasteiger partial charge in [0.05, 0.1) is 32.5 Å². The van der Waals surface area contributed by atoms with Crippen LogP contribution in [-0.2, 0) is 29.3 Å². The molecular weight excluding hydrogens is 433 g/mol. The van der Waals surface area contributed by atoms with Gasteiger partial charge in [-0.25, -0.2) is 13.2 Å². The molecule has 3 aromatic carbocycles. The van der Waals surface area contributed by atoms with Crippen LogP contribution in [0.1, 0.15) is 29.5 Å². The summed E-state index contributed by atoms with van der Waals surface area (Å²) in [4.78, 5) is 0. The van der Waals surface area contributed by atoms with Crippen molar-refractivity contribution in [3.05, 3.63) is 107 Å². The van der Waals surface area contributed by atoms with Crippen molar-refractivity contribution in [1.29, 1.82) is 0 Å². The standard InChI is InChI=1S/C12H15FO2.2C7H7FO/c13-11-4-1-3-10(7-11)8-14-9-12-5-2-6-15-12;2*8-7-3-1-2-6(4-7)5-9/h1,3-4,7,12H,2,5-6,8-9H2;2*1-4,9H,5H2/t12-;;/m0../s1. The Morgan fingerprint density at radius 3 is 1.64 bits per heavy atom. The zero-order valence-corrected chi connectivity index (χ0v) is 18.3. The summed E-state index contributed by atoms with van der Waals surface area (Å²) in [6.07, 6.45) is 2.43. The van der Waals surface area contributed by atoms with Gasteiger partial charge in [-0.1, -0.05) is 36.4 Å². The fraction of sp³-hybridized carbons (Fsp3) is 0.308. The van der Waals surface area contributed by atoms with Crippen molar-refractivity contribution < 1.29 is 32.9 Å². The summed E-state index contributed by atoms with van der Waals surface area (Å²) in [6.45, 7) is 1.71. The van der Waals surface area contributed by atoms with Crippen LogP contribution in [0.4, 0.5) is 13.2 Å². The summed E-state index contributed by atoms with van der Waals surface area (Å²) in [5.41, 5.74) is 2.08. The minimum Gasteiger partial charge on any atom is -0.392 e. The molecule has 0 radical (unpaired) electrons. The highest BCUT2D eigenvalue weighted by molar-refractivity contribution is 5.16. The van der Waals surface area contributed by atoms with Crippen molar-refractivity contribution >= 4 is 0 Å². The maximum absolute atomic E-state index is 12.8. The SMILES string of the molecule is Fc1cccc(COC[C@@H]2CCCO2)c1.OCc1cccc(F)c1.OCc1cccc(F)c1. The maximum Gasteiger partial charge on any atom is 0.123 e. The van der Waals surface area contributed by atoms with E-state index in [1.54, 1.807) is 30.3 Å². The van der Waals surface area contributed by atoms with Crippen LogP contribution in [0.15, 0.2) is 72.8 Å². The highest BCUT2D eigenvalue weighted by Crippen LogP contribution is 2.13. The number of halogens is 3. The average Bonchev–Trinajstić information content (AvgIpc) is 3.33. The summed E-state index contributed by atoms with van der Waals surface area (Å²) in [5, 5.41) is 17.0. The van der Waals surface area contributed by atoms with Crippen molar-refractivity contribution in [2.75, 3.05) is 13.2 Å². The minimum absolute atomic E-state index is 0.0994. The predicted octanol–water partition coefficient (Wildman–Crippen LogP) is 5.16. The molecule has 1 saturated heterocycles. The fourth-order valence-electron chi connectivity index (χ4n) is 2.98. The van der Waals surface area contributed by atoms with E-state index in [-0.39, 0.29) is 36.8 Å². The van der Waals surface area contributed by atoms with Crippen LogP contribution < -0.4 is 0 Å². The number of aliphatic hydroxyl groups is 2. The van der Waals surface area contributed by atoms with Crippen LogP contribution in [0.2, 0.25) is 0 Å². The number of ether oxygens (including phenoxy) is 2. The monoisotopic (exact) mass is 462 g/mol. The molecule has 0 bridgehead atoms. The van der Waals surface area contributed by atoms with Gasteiger partial charge in [0.25, 0.3) is 0 Å². The molecular formula is C26H29F3O4. The highest BCUT2D eigenvalue weighted by Gasteiger charge is 2.15. The molecule has 0 aromatic heterocycles. The summed E-state index contributed by atoms with van der Waals surface area (Å²) in [7, 11) is 0. The van der Waals surface area contributed by atoms with Gasteiger partial charge in [-0.3, -0.25) is 0 Å². The lowest BCUT2D eigenvalue weighted by molar-refractivity contribution is 0.0105. The molecule has 1 heterocycles. The van der Waals surface area contributed by atoms with Crippen LogP contribution in [-0.4, -0.2) is 29.5 Å². The van der Waals surface area contributed by atoms with Gasteiger partial charge in [0.15, 0.2) is 0 Å². The van der Waals surface area contributed by atoms with E-state index in [0.717, 1.165) is 25.0 Å². The lowest BCUT2D eigenvalue weighted by Gasteiger charge is -2.09. The van der Waals surface area contributed by atoms with E-state index < -0.39 is 0 Å². The summed E-state index contributed by atoms with van der Waals surface area (Å²) >= 11 is 0. The van der Waals surface area contributed by atoms with E-state index >= 15 is 0 Å². The molecule has 1 aliphatic rings. The first-order valence-corrected chi connectivity index (χ1v) is 10.6. The Balaban J connectivity index is 0.000000186. The maximum atomic E-state index is 12.8. The average molecular weight is 463 g/mol. The van der Waals surface area contributed by atoms with Gasteiger partial charge in [0.1, 0.15) is 17.5 Å². The molecule has 3 aromatic rings. The first-order chi connectivity index (χ1) is 16.0. The molecule has 1 atom stereocenters. The Kier molecular flexibility index (Phi) is 12.2. The largest absolute Gasteiger partial charge is 0.392 e. The fourth-order valence-corrected chi connectivity index (χ4v) is 2.98. The topological polar surface area (TPSA) is 58.9 Å². The number of aliphatic hydroxyl groups excluding tert-OH is 2. The third-order valence-electron chi connectivity index (χ3n) is 4.63. The van der Waals surface area contributed by atoms with Crippen LogP contribution in [0, 0.1) is 17.5 Å². The Morgan fingerprint density at radius 2 is 1.24 bits per heavy atom. The Hall–Kier alpha value is -2.71. The van der Waals surface area contributed by atoms with Gasteiger partial charge < -0.3 is 19.7 Å². The van der Waals surface area contributed by atoms with Gasteiger partial charge in [-0.05, 0) is 65.9 Å². The quantitative estimate of drug-likeness (QED) is 0.532. The van der Waals surface area contributed by atoms with Crippen molar-refractivity contribution in [2.24, 2.45) is 0 Å². The Morgan fingerprint density at radius 1 is 0.758 bits per heavy atom. The number of rotatable bonds is 6. The van der Waals surface area contributed by atoms with E-state index in [2.05, 4.69) is 0 Å². The van der Waals surface area contributed by atoms with Gasteiger partial charge in [0.2, 0.25) is 0 Å². The molecule has 0 aliphatic carbocycles. The van der Waals surface area contributed by atoms with Gasteiger partial charge in [0, 0.05) is 6.61 Å². The van der Waals surface area contributed by atoms with Crippen LogP contribution in [0.5, 0.6) is 0 Å². The Labute approximate surface area is 192 Å². The molecule has 1 fully saturated rings. The molecule has 0 amide bonds. The van der Waals surface area contributed by atoms with Gasteiger partial charge in [-0.15, -0.1) is 0 Å². The van der Waals surface area contributed by atoms with Crippen LogP contribution >= 0.6 is 0 Å². The number of benzene rings is 3. The van der Waals surface area contributed by atoms with Crippen molar-refractivity contribution in [3.8, 4) is 0 Å². The smallest absolute Gasteiger partial charge is 0.123 e. The predicted molar refractivity (Wildman–Crippen MR) is 120 cm³/mol. The van der Waals surface area contributed by atoms with E-state index in [1.807, 2.05) is 6.07 Å². The summed E-state index contributed by atoms with van der Waals surface area (Å²) in [6, 6.07) is 18.3. The second-order valence-corrected chi connectivity index (χ2v) is 7.36. The summed E-state index contributed by atoms with van der Waals surface area (Å²) in [5.74, 6) is -0.823. The molecule has 0 spiro atoms. The first-order valence-electron chi connectivity index (χ1n) is 10.6. The second kappa shape index (κ2) is 15.2. The first kappa shape index (κ1) is 26.5. The molecule has 33 heavy (non-hydrogen) atoms. The third-order valence-corrected chi connectivity index (χ3v) is 4.63. The number of hydrogen-bond acceptors (Lipinski definition) is 4. The van der Waals surface area contributed by atoms with Crippen LogP contribution in [0.3, 0.4) is 0 Å². The molecule has 1 aliphatic heterocycles. The number of hydrogen-bond donors (Lipinski definition) is 2. The summed E-state index contributed by atoms with van der Waals surface area (Å²) < 4.78 is 48.2. The molecule has 178 valence electrons. The zero-order chi connectivity index (χ0) is 23.9.